The molecule has 2 N–H and O–H groups in total. The second kappa shape index (κ2) is 5.92. The maximum absolute atomic E-state index is 14.3. The first-order valence-corrected chi connectivity index (χ1v) is 10.2. The second-order valence-corrected chi connectivity index (χ2v) is 9.66. The predicted octanol–water partition coefficient (Wildman–Crippen LogP) is 4.77. The molecule has 0 unspecified atom stereocenters. The standard InChI is InChI=1S/C22H33FO2/c1-13-10-15(25)11-14-4-5-16-17-6-7-19(20(23)12-24)21(17,2)9-8-18(16)22(13,14)3/h4,13,15-18,24-25H,5-12H2,1-3H3/t13-,15-,16-,17-,18-,21-,22-/m0/s1. The lowest BCUT2D eigenvalue weighted by molar-refractivity contribution is -0.0535. The van der Waals surface area contributed by atoms with E-state index in [9.17, 15) is 14.6 Å². The summed E-state index contributed by atoms with van der Waals surface area (Å²) in [6.07, 6.45) is 9.15. The summed E-state index contributed by atoms with van der Waals surface area (Å²) in [4.78, 5) is 0. The molecule has 2 nitrogen and oxygen atoms in total. The van der Waals surface area contributed by atoms with E-state index in [-0.39, 0.29) is 22.8 Å². The van der Waals surface area contributed by atoms with E-state index >= 15 is 0 Å². The number of fused-ring (bicyclic) bond motifs is 5. The minimum atomic E-state index is -0.442. The fourth-order valence-electron chi connectivity index (χ4n) is 7.43. The molecule has 0 aromatic carbocycles. The molecule has 0 aliphatic heterocycles. The zero-order chi connectivity index (χ0) is 18.0. The van der Waals surface area contributed by atoms with Crippen LogP contribution in [0.25, 0.3) is 0 Å². The van der Waals surface area contributed by atoms with Crippen molar-refractivity contribution in [1.82, 2.24) is 0 Å². The Hall–Kier alpha value is -0.670. The van der Waals surface area contributed by atoms with E-state index in [2.05, 4.69) is 26.8 Å². The molecule has 0 saturated heterocycles. The molecule has 0 aromatic rings. The van der Waals surface area contributed by atoms with Crippen LogP contribution >= 0.6 is 0 Å². The predicted molar refractivity (Wildman–Crippen MR) is 97.5 cm³/mol. The van der Waals surface area contributed by atoms with Crippen molar-refractivity contribution < 1.29 is 14.6 Å². The van der Waals surface area contributed by atoms with Gasteiger partial charge in [0.1, 0.15) is 5.83 Å². The summed E-state index contributed by atoms with van der Waals surface area (Å²) in [5, 5.41) is 19.6. The Morgan fingerprint density at radius 3 is 2.76 bits per heavy atom. The molecule has 140 valence electrons. The molecule has 25 heavy (non-hydrogen) atoms. The first kappa shape index (κ1) is 17.7. The van der Waals surface area contributed by atoms with E-state index in [1.807, 2.05) is 0 Å². The first-order chi connectivity index (χ1) is 11.8. The van der Waals surface area contributed by atoms with Crippen LogP contribution < -0.4 is 0 Å². The van der Waals surface area contributed by atoms with Gasteiger partial charge < -0.3 is 10.2 Å². The fraction of sp³-hybridized carbons (Fsp3) is 0.818. The smallest absolute Gasteiger partial charge is 0.125 e. The van der Waals surface area contributed by atoms with Crippen LogP contribution in [0.3, 0.4) is 0 Å². The fourth-order valence-corrected chi connectivity index (χ4v) is 7.43. The Bertz CT molecular complexity index is 624. The molecule has 3 saturated carbocycles. The molecule has 0 radical (unpaired) electrons. The minimum absolute atomic E-state index is 0.0624. The summed E-state index contributed by atoms with van der Waals surface area (Å²) >= 11 is 0. The summed E-state index contributed by atoms with van der Waals surface area (Å²) in [6.45, 7) is 6.57. The highest BCUT2D eigenvalue weighted by atomic mass is 19.1. The molecular weight excluding hydrogens is 315 g/mol. The number of hydrogen-bond donors (Lipinski definition) is 2. The molecular formula is C22H33FO2. The maximum Gasteiger partial charge on any atom is 0.125 e. The molecule has 0 spiro atoms. The summed E-state index contributed by atoms with van der Waals surface area (Å²) in [7, 11) is 0. The summed E-state index contributed by atoms with van der Waals surface area (Å²) in [5.74, 6) is 2.05. The van der Waals surface area contributed by atoms with Crippen molar-refractivity contribution in [1.29, 1.82) is 0 Å². The van der Waals surface area contributed by atoms with Gasteiger partial charge in [0.2, 0.25) is 0 Å². The van der Waals surface area contributed by atoms with Gasteiger partial charge in [-0.15, -0.1) is 0 Å². The summed E-state index contributed by atoms with van der Waals surface area (Å²) in [6, 6.07) is 0. The average molecular weight is 349 g/mol. The molecule has 3 heteroatoms. The summed E-state index contributed by atoms with van der Waals surface area (Å²) in [5.41, 5.74) is 2.53. The zero-order valence-corrected chi connectivity index (χ0v) is 15.9. The van der Waals surface area contributed by atoms with Crippen molar-refractivity contribution in [3.05, 3.63) is 23.0 Å². The number of halogens is 1. The van der Waals surface area contributed by atoms with Crippen molar-refractivity contribution in [2.75, 3.05) is 6.61 Å². The monoisotopic (exact) mass is 348 g/mol. The Kier molecular flexibility index (Phi) is 4.20. The highest BCUT2D eigenvalue weighted by molar-refractivity contribution is 5.31. The normalized spacial score (nSPS) is 51.3. The van der Waals surface area contributed by atoms with Crippen molar-refractivity contribution in [3.8, 4) is 0 Å². The molecule has 3 fully saturated rings. The number of allylic oxidation sites excluding steroid dienone is 2. The van der Waals surface area contributed by atoms with Gasteiger partial charge in [0.05, 0.1) is 12.7 Å². The van der Waals surface area contributed by atoms with Crippen LogP contribution in [0.15, 0.2) is 23.0 Å². The van der Waals surface area contributed by atoms with Crippen LogP contribution in [-0.2, 0) is 0 Å². The lowest BCUT2D eigenvalue weighted by Gasteiger charge is -2.59. The topological polar surface area (TPSA) is 40.5 Å². The van der Waals surface area contributed by atoms with Gasteiger partial charge in [-0.2, -0.15) is 0 Å². The van der Waals surface area contributed by atoms with Crippen molar-refractivity contribution in [2.24, 2.45) is 34.5 Å². The molecule has 0 aromatic heterocycles. The summed E-state index contributed by atoms with van der Waals surface area (Å²) < 4.78 is 14.3. The van der Waals surface area contributed by atoms with Gasteiger partial charge in [0.15, 0.2) is 0 Å². The lowest BCUT2D eigenvalue weighted by Crippen LogP contribution is -2.52. The van der Waals surface area contributed by atoms with Gasteiger partial charge in [-0.3, -0.25) is 0 Å². The van der Waals surface area contributed by atoms with Crippen LogP contribution in [0.2, 0.25) is 0 Å². The van der Waals surface area contributed by atoms with Gasteiger partial charge in [-0.25, -0.2) is 4.39 Å². The minimum Gasteiger partial charge on any atom is -0.393 e. The van der Waals surface area contributed by atoms with Gasteiger partial charge in [0, 0.05) is 0 Å². The van der Waals surface area contributed by atoms with E-state index < -0.39 is 6.61 Å². The Morgan fingerprint density at radius 2 is 2.04 bits per heavy atom. The van der Waals surface area contributed by atoms with Crippen LogP contribution in [0.5, 0.6) is 0 Å². The molecule has 0 bridgehead atoms. The van der Waals surface area contributed by atoms with E-state index in [1.165, 1.54) is 5.57 Å². The number of aliphatic hydroxyl groups excluding tert-OH is 2. The van der Waals surface area contributed by atoms with Gasteiger partial charge in [0.25, 0.3) is 0 Å². The van der Waals surface area contributed by atoms with E-state index in [0.29, 0.717) is 23.7 Å². The molecule has 0 heterocycles. The number of hydrogen-bond acceptors (Lipinski definition) is 2. The van der Waals surface area contributed by atoms with Crippen molar-refractivity contribution >= 4 is 0 Å². The second-order valence-electron chi connectivity index (χ2n) is 9.66. The third kappa shape index (κ3) is 2.34. The van der Waals surface area contributed by atoms with E-state index in [1.54, 1.807) is 0 Å². The van der Waals surface area contributed by atoms with Crippen LogP contribution in [0, 0.1) is 34.5 Å². The average Bonchev–Trinajstić information content (AvgIpc) is 2.93. The van der Waals surface area contributed by atoms with Gasteiger partial charge >= 0.3 is 0 Å². The largest absolute Gasteiger partial charge is 0.393 e. The molecule has 4 aliphatic rings. The molecule has 4 rings (SSSR count). The first-order valence-electron chi connectivity index (χ1n) is 10.2. The lowest BCUT2D eigenvalue weighted by atomic mass is 9.45. The Labute approximate surface area is 151 Å². The van der Waals surface area contributed by atoms with Gasteiger partial charge in [-0.1, -0.05) is 32.4 Å². The van der Waals surface area contributed by atoms with Gasteiger partial charge in [-0.05, 0) is 85.0 Å². The Morgan fingerprint density at radius 1 is 1.28 bits per heavy atom. The van der Waals surface area contributed by atoms with Crippen LogP contribution in [-0.4, -0.2) is 22.9 Å². The molecule has 7 atom stereocenters. The SMILES string of the molecule is C[C@H]1C[C@H](O)CC2=CC[C@@H]3[C@H](CC[C@]4(C)C(=C(F)CO)CC[C@@H]34)[C@]21C. The van der Waals surface area contributed by atoms with Crippen LogP contribution in [0.4, 0.5) is 4.39 Å². The molecule has 0 amide bonds. The van der Waals surface area contributed by atoms with Crippen LogP contribution in [0.1, 0.15) is 65.7 Å². The number of aliphatic hydroxyl groups is 2. The van der Waals surface area contributed by atoms with E-state index in [0.717, 1.165) is 50.5 Å². The zero-order valence-electron chi connectivity index (χ0n) is 15.9. The quantitative estimate of drug-likeness (QED) is 0.670. The third-order valence-electron chi connectivity index (χ3n) is 8.89. The van der Waals surface area contributed by atoms with Crippen molar-refractivity contribution in [3.63, 3.8) is 0 Å². The van der Waals surface area contributed by atoms with Crippen molar-refractivity contribution in [2.45, 2.75) is 71.8 Å². The van der Waals surface area contributed by atoms with E-state index in [4.69, 9.17) is 0 Å². The Balaban J connectivity index is 1.71. The highest BCUT2D eigenvalue weighted by Gasteiger charge is 2.59. The third-order valence-corrected chi connectivity index (χ3v) is 8.89. The maximum atomic E-state index is 14.3. The number of rotatable bonds is 1. The highest BCUT2D eigenvalue weighted by Crippen LogP contribution is 2.67. The molecule has 4 aliphatic carbocycles.